The number of rotatable bonds is 3. The van der Waals surface area contributed by atoms with Crippen LogP contribution >= 0.6 is 0 Å². The maximum absolute atomic E-state index is 14.4. The largest absolute Gasteiger partial charge is 0.390 e. The van der Waals surface area contributed by atoms with Crippen LogP contribution in [0.4, 0.5) is 16.0 Å². The van der Waals surface area contributed by atoms with Crippen molar-refractivity contribution in [2.45, 2.75) is 45.3 Å². The Hall–Kier alpha value is -2.81. The fraction of sp³-hybridized carbons (Fsp3) is 0.412. The van der Waals surface area contributed by atoms with Crippen molar-refractivity contribution in [2.24, 2.45) is 0 Å². The standard InChI is InChI=1S/C17H20FN7O/c1-11-19-10-25(22-11)14-4-3-12(9-13(14)18)20-16-21-15-5-6-17(2,26)7-8-24(15)23-16/h3-4,9-10,26H,5-8H2,1-2H3,(H,20,23)/t17-/m1/s1. The van der Waals surface area contributed by atoms with Crippen molar-refractivity contribution >= 4 is 11.6 Å². The van der Waals surface area contributed by atoms with Crippen LogP contribution in [-0.4, -0.2) is 40.2 Å². The highest BCUT2D eigenvalue weighted by atomic mass is 19.1. The predicted molar refractivity (Wildman–Crippen MR) is 92.9 cm³/mol. The highest BCUT2D eigenvalue weighted by Gasteiger charge is 2.26. The molecule has 0 saturated heterocycles. The third-order valence-electron chi connectivity index (χ3n) is 4.55. The molecule has 3 heterocycles. The summed E-state index contributed by atoms with van der Waals surface area (Å²) < 4.78 is 17.6. The number of nitrogens with one attached hydrogen (secondary N) is 1. The number of halogens is 1. The number of aromatic nitrogens is 6. The molecule has 0 unspecified atom stereocenters. The van der Waals surface area contributed by atoms with Gasteiger partial charge < -0.3 is 10.4 Å². The van der Waals surface area contributed by atoms with Crippen LogP contribution in [0.1, 0.15) is 31.4 Å². The molecular formula is C17H20FN7O. The number of aryl methyl sites for hydroxylation is 3. The van der Waals surface area contributed by atoms with Gasteiger partial charge >= 0.3 is 0 Å². The van der Waals surface area contributed by atoms with Crippen molar-refractivity contribution in [2.75, 3.05) is 5.32 Å². The summed E-state index contributed by atoms with van der Waals surface area (Å²) in [5.74, 6) is 1.40. The SMILES string of the molecule is Cc1ncn(-c2ccc(Nc3nc4n(n3)CC[C@](C)(O)CC4)cc2F)n1. The molecular weight excluding hydrogens is 337 g/mol. The second-order valence-electron chi connectivity index (χ2n) is 6.85. The zero-order valence-corrected chi connectivity index (χ0v) is 14.6. The van der Waals surface area contributed by atoms with Crippen molar-refractivity contribution in [3.8, 4) is 5.69 Å². The summed E-state index contributed by atoms with van der Waals surface area (Å²) in [4.78, 5) is 8.47. The molecule has 1 atom stereocenters. The summed E-state index contributed by atoms with van der Waals surface area (Å²) in [6, 6.07) is 4.75. The molecule has 26 heavy (non-hydrogen) atoms. The van der Waals surface area contributed by atoms with Crippen LogP contribution in [-0.2, 0) is 13.0 Å². The Balaban J connectivity index is 1.53. The van der Waals surface area contributed by atoms with Crippen molar-refractivity contribution in [1.29, 1.82) is 0 Å². The van der Waals surface area contributed by atoms with Crippen molar-refractivity contribution < 1.29 is 9.50 Å². The van der Waals surface area contributed by atoms with Gasteiger partial charge in [0.15, 0.2) is 5.82 Å². The Morgan fingerprint density at radius 1 is 1.27 bits per heavy atom. The van der Waals surface area contributed by atoms with E-state index in [0.717, 1.165) is 5.82 Å². The molecule has 2 aromatic heterocycles. The van der Waals surface area contributed by atoms with E-state index in [1.54, 1.807) is 23.7 Å². The normalized spacial score (nSPS) is 19.8. The lowest BCUT2D eigenvalue weighted by molar-refractivity contribution is 0.0421. The van der Waals surface area contributed by atoms with Gasteiger partial charge in [-0.3, -0.25) is 0 Å². The number of fused-ring (bicyclic) bond motifs is 1. The minimum absolute atomic E-state index is 0.326. The number of nitrogens with zero attached hydrogens (tertiary/aromatic N) is 6. The maximum atomic E-state index is 14.4. The molecule has 1 aliphatic heterocycles. The lowest BCUT2D eigenvalue weighted by Crippen LogP contribution is -2.24. The van der Waals surface area contributed by atoms with Gasteiger partial charge in [-0.25, -0.2) is 18.7 Å². The lowest BCUT2D eigenvalue weighted by Gasteiger charge is -2.19. The fourth-order valence-corrected chi connectivity index (χ4v) is 3.01. The van der Waals surface area contributed by atoms with Gasteiger partial charge in [0.25, 0.3) is 0 Å². The summed E-state index contributed by atoms with van der Waals surface area (Å²) in [5.41, 5.74) is 0.192. The van der Waals surface area contributed by atoms with Crippen LogP contribution in [0.25, 0.3) is 5.69 Å². The Morgan fingerprint density at radius 3 is 2.85 bits per heavy atom. The molecule has 0 radical (unpaired) electrons. The van der Waals surface area contributed by atoms with E-state index < -0.39 is 11.4 Å². The zero-order chi connectivity index (χ0) is 18.3. The minimum atomic E-state index is -0.686. The third-order valence-corrected chi connectivity index (χ3v) is 4.55. The van der Waals surface area contributed by atoms with Gasteiger partial charge in [-0.1, -0.05) is 0 Å². The molecule has 0 fully saturated rings. The molecule has 4 rings (SSSR count). The second kappa shape index (κ2) is 6.17. The van der Waals surface area contributed by atoms with E-state index >= 15 is 0 Å². The maximum Gasteiger partial charge on any atom is 0.246 e. The smallest absolute Gasteiger partial charge is 0.246 e. The monoisotopic (exact) mass is 357 g/mol. The molecule has 2 N–H and O–H groups in total. The lowest BCUT2D eigenvalue weighted by atomic mass is 9.97. The van der Waals surface area contributed by atoms with E-state index in [4.69, 9.17) is 0 Å². The Morgan fingerprint density at radius 2 is 2.12 bits per heavy atom. The quantitative estimate of drug-likeness (QED) is 0.746. The zero-order valence-electron chi connectivity index (χ0n) is 14.6. The molecule has 1 aliphatic rings. The molecule has 0 spiro atoms. The molecule has 3 aromatic rings. The first-order valence-electron chi connectivity index (χ1n) is 8.51. The van der Waals surface area contributed by atoms with E-state index in [-0.39, 0.29) is 0 Å². The summed E-state index contributed by atoms with van der Waals surface area (Å²) >= 11 is 0. The number of anilines is 2. The molecule has 0 saturated carbocycles. The van der Waals surface area contributed by atoms with Gasteiger partial charge in [-0.2, -0.15) is 10.1 Å². The minimum Gasteiger partial charge on any atom is -0.390 e. The molecule has 1 aromatic carbocycles. The van der Waals surface area contributed by atoms with Gasteiger partial charge in [-0.05, 0) is 44.9 Å². The van der Waals surface area contributed by atoms with Gasteiger partial charge in [-0.15, -0.1) is 5.10 Å². The van der Waals surface area contributed by atoms with Gasteiger partial charge in [0.05, 0.1) is 5.60 Å². The Bertz CT molecular complexity index is 919. The van der Waals surface area contributed by atoms with Crippen LogP contribution in [0, 0.1) is 12.7 Å². The second-order valence-corrected chi connectivity index (χ2v) is 6.85. The van der Waals surface area contributed by atoms with Crippen LogP contribution in [0.3, 0.4) is 0 Å². The number of benzene rings is 1. The molecule has 0 bridgehead atoms. The summed E-state index contributed by atoms with van der Waals surface area (Å²) in [6.45, 7) is 4.19. The molecule has 9 heteroatoms. The first-order valence-corrected chi connectivity index (χ1v) is 8.51. The molecule has 0 amide bonds. The summed E-state index contributed by atoms with van der Waals surface area (Å²) in [5, 5.41) is 21.7. The Labute approximate surface area is 149 Å². The highest BCUT2D eigenvalue weighted by molar-refractivity contribution is 5.56. The van der Waals surface area contributed by atoms with Crippen LogP contribution in [0.2, 0.25) is 0 Å². The fourth-order valence-electron chi connectivity index (χ4n) is 3.01. The molecule has 8 nitrogen and oxygen atoms in total. The van der Waals surface area contributed by atoms with E-state index in [1.165, 1.54) is 17.1 Å². The van der Waals surface area contributed by atoms with Crippen molar-refractivity contribution in [3.63, 3.8) is 0 Å². The first kappa shape index (κ1) is 16.6. The molecule has 0 aliphatic carbocycles. The summed E-state index contributed by atoms with van der Waals surface area (Å²) in [7, 11) is 0. The van der Waals surface area contributed by atoms with E-state index in [9.17, 15) is 9.50 Å². The van der Waals surface area contributed by atoms with Gasteiger partial charge in [0, 0.05) is 18.7 Å². The van der Waals surface area contributed by atoms with Gasteiger partial charge in [0.1, 0.15) is 23.7 Å². The Kier molecular flexibility index (Phi) is 3.95. The number of hydrogen-bond acceptors (Lipinski definition) is 6. The highest BCUT2D eigenvalue weighted by Crippen LogP contribution is 2.25. The van der Waals surface area contributed by atoms with Gasteiger partial charge in [0.2, 0.25) is 5.95 Å². The first-order chi connectivity index (χ1) is 12.4. The van der Waals surface area contributed by atoms with E-state index in [2.05, 4.69) is 25.5 Å². The average molecular weight is 357 g/mol. The molecule has 136 valence electrons. The van der Waals surface area contributed by atoms with Crippen LogP contribution in [0.15, 0.2) is 24.5 Å². The van der Waals surface area contributed by atoms with Crippen molar-refractivity contribution in [1.82, 2.24) is 29.5 Å². The topological polar surface area (TPSA) is 93.7 Å². The van der Waals surface area contributed by atoms with Crippen molar-refractivity contribution in [3.05, 3.63) is 42.0 Å². The van der Waals surface area contributed by atoms with Crippen LogP contribution < -0.4 is 5.32 Å². The van der Waals surface area contributed by atoms with E-state index in [0.29, 0.717) is 49.0 Å². The van der Waals surface area contributed by atoms with E-state index in [1.807, 2.05) is 6.92 Å². The third kappa shape index (κ3) is 3.30. The average Bonchev–Trinajstić information content (AvgIpc) is 3.14. The number of aliphatic hydroxyl groups is 1. The summed E-state index contributed by atoms with van der Waals surface area (Å²) in [6.07, 6.45) is 3.40. The predicted octanol–water partition coefficient (Wildman–Crippen LogP) is 2.14. The number of hydrogen-bond donors (Lipinski definition) is 2. The van der Waals surface area contributed by atoms with Crippen LogP contribution in [0.5, 0.6) is 0 Å².